The first-order valence-electron chi connectivity index (χ1n) is 6.02. The maximum atomic E-state index is 12.1. The molecule has 0 aliphatic carbocycles. The zero-order chi connectivity index (χ0) is 16.8. The van der Waals surface area contributed by atoms with Crippen LogP contribution < -0.4 is 15.4 Å². The summed E-state index contributed by atoms with van der Waals surface area (Å²) in [6, 6.07) is 2.75. The second kappa shape index (κ2) is 8.08. The number of hydrogen-bond donors (Lipinski definition) is 5. The molecule has 1 aromatic rings. The number of aliphatic hydroxyl groups is 3. The largest absolute Gasteiger partial charge is 0.433 e. The topological polar surface area (TPSA) is 111 Å². The minimum absolute atomic E-state index is 0.143. The Morgan fingerprint density at radius 3 is 2.32 bits per heavy atom. The Balaban J connectivity index is 2.74. The standard InChI is InChI=1S/C12H15ClF2N2O5/c13-8-3-7(1-2-9(8)22-10(14)15)16-11(21)17-12(4-18,5-19)6-20/h1-3,10,18-20H,4-6H2,(H2,16,17,21). The van der Waals surface area contributed by atoms with Crippen molar-refractivity contribution in [2.75, 3.05) is 25.1 Å². The third-order valence-electron chi connectivity index (χ3n) is 2.69. The van der Waals surface area contributed by atoms with Gasteiger partial charge in [0.25, 0.3) is 0 Å². The molecule has 22 heavy (non-hydrogen) atoms. The first-order valence-corrected chi connectivity index (χ1v) is 6.39. The molecule has 0 aliphatic heterocycles. The summed E-state index contributed by atoms with van der Waals surface area (Å²) >= 11 is 5.72. The molecular weight excluding hydrogens is 326 g/mol. The molecule has 124 valence electrons. The number of rotatable bonds is 7. The van der Waals surface area contributed by atoms with E-state index in [1.165, 1.54) is 12.1 Å². The number of benzene rings is 1. The third kappa shape index (κ3) is 4.95. The van der Waals surface area contributed by atoms with Gasteiger partial charge >= 0.3 is 12.6 Å². The van der Waals surface area contributed by atoms with E-state index in [-0.39, 0.29) is 16.5 Å². The number of amides is 2. The van der Waals surface area contributed by atoms with Crippen molar-refractivity contribution in [3.63, 3.8) is 0 Å². The van der Waals surface area contributed by atoms with Crippen LogP contribution in [0.1, 0.15) is 0 Å². The molecule has 0 saturated carbocycles. The number of aliphatic hydroxyl groups excluding tert-OH is 3. The normalized spacial score (nSPS) is 11.4. The van der Waals surface area contributed by atoms with E-state index in [1.807, 2.05) is 0 Å². The molecule has 0 spiro atoms. The quantitative estimate of drug-likeness (QED) is 0.504. The molecule has 0 atom stereocenters. The molecule has 5 N–H and O–H groups in total. The molecule has 0 fully saturated rings. The number of halogens is 3. The number of anilines is 1. The van der Waals surface area contributed by atoms with Crippen LogP contribution in [0.4, 0.5) is 19.3 Å². The summed E-state index contributed by atoms with van der Waals surface area (Å²) in [6.07, 6.45) is 0. The lowest BCUT2D eigenvalue weighted by molar-refractivity contribution is -0.0497. The molecule has 0 unspecified atom stereocenters. The van der Waals surface area contributed by atoms with Crippen LogP contribution in [0.5, 0.6) is 5.75 Å². The van der Waals surface area contributed by atoms with Crippen LogP contribution in [0.3, 0.4) is 0 Å². The lowest BCUT2D eigenvalue weighted by atomic mass is 10.0. The van der Waals surface area contributed by atoms with Gasteiger partial charge in [-0.05, 0) is 18.2 Å². The molecule has 7 nitrogen and oxygen atoms in total. The Kier molecular flexibility index (Phi) is 6.75. The highest BCUT2D eigenvalue weighted by molar-refractivity contribution is 6.32. The summed E-state index contributed by atoms with van der Waals surface area (Å²) in [5.74, 6) is -0.252. The Hall–Kier alpha value is -1.68. The van der Waals surface area contributed by atoms with Gasteiger partial charge in [-0.1, -0.05) is 11.6 Å². The van der Waals surface area contributed by atoms with E-state index < -0.39 is 38.0 Å². The van der Waals surface area contributed by atoms with Gasteiger partial charge in [-0.2, -0.15) is 8.78 Å². The van der Waals surface area contributed by atoms with Crippen molar-refractivity contribution >= 4 is 23.3 Å². The summed E-state index contributed by atoms with van der Waals surface area (Å²) in [5, 5.41) is 31.6. The summed E-state index contributed by atoms with van der Waals surface area (Å²) < 4.78 is 28.3. The van der Waals surface area contributed by atoms with E-state index in [9.17, 15) is 13.6 Å². The maximum Gasteiger partial charge on any atom is 0.387 e. The highest BCUT2D eigenvalue weighted by Crippen LogP contribution is 2.28. The summed E-state index contributed by atoms with van der Waals surface area (Å²) in [4.78, 5) is 11.7. The minimum atomic E-state index is -3.03. The number of alkyl halides is 2. The zero-order valence-electron chi connectivity index (χ0n) is 11.2. The summed E-state index contributed by atoms with van der Waals surface area (Å²) in [5.41, 5.74) is -1.43. The Morgan fingerprint density at radius 1 is 1.27 bits per heavy atom. The highest BCUT2D eigenvalue weighted by Gasteiger charge is 2.30. The third-order valence-corrected chi connectivity index (χ3v) is 2.99. The van der Waals surface area contributed by atoms with Gasteiger partial charge in [0.2, 0.25) is 0 Å². The van der Waals surface area contributed by atoms with Crippen LogP contribution in [0.15, 0.2) is 18.2 Å². The van der Waals surface area contributed by atoms with Gasteiger partial charge in [-0.3, -0.25) is 0 Å². The smallest absolute Gasteiger partial charge is 0.387 e. The lowest BCUT2D eigenvalue weighted by Crippen LogP contribution is -2.58. The van der Waals surface area contributed by atoms with Crippen molar-refractivity contribution in [1.29, 1.82) is 0 Å². The predicted octanol–water partition coefficient (Wildman–Crippen LogP) is 0.779. The average Bonchev–Trinajstić information content (AvgIpc) is 2.47. The van der Waals surface area contributed by atoms with Crippen molar-refractivity contribution in [2.24, 2.45) is 0 Å². The SMILES string of the molecule is O=C(Nc1ccc(OC(F)F)c(Cl)c1)NC(CO)(CO)CO. The molecule has 1 aromatic carbocycles. The Labute approximate surface area is 129 Å². The van der Waals surface area contributed by atoms with E-state index >= 15 is 0 Å². The Bertz CT molecular complexity index is 506. The van der Waals surface area contributed by atoms with Crippen molar-refractivity contribution in [3.8, 4) is 5.75 Å². The van der Waals surface area contributed by atoms with Gasteiger partial charge in [-0.25, -0.2) is 4.79 Å². The van der Waals surface area contributed by atoms with Gasteiger partial charge in [0, 0.05) is 5.69 Å². The molecule has 0 aliphatic rings. The second-order valence-electron chi connectivity index (χ2n) is 4.36. The fourth-order valence-corrected chi connectivity index (χ4v) is 1.67. The second-order valence-corrected chi connectivity index (χ2v) is 4.76. The number of ether oxygens (including phenoxy) is 1. The molecule has 0 saturated heterocycles. The highest BCUT2D eigenvalue weighted by atomic mass is 35.5. The van der Waals surface area contributed by atoms with Crippen LogP contribution in [0, 0.1) is 0 Å². The van der Waals surface area contributed by atoms with E-state index in [0.717, 1.165) is 6.07 Å². The number of urea groups is 1. The lowest BCUT2D eigenvalue weighted by Gasteiger charge is -2.28. The molecular formula is C12H15ClF2N2O5. The van der Waals surface area contributed by atoms with E-state index in [0.29, 0.717) is 0 Å². The van der Waals surface area contributed by atoms with Gasteiger partial charge < -0.3 is 30.7 Å². The van der Waals surface area contributed by atoms with E-state index in [1.54, 1.807) is 0 Å². The minimum Gasteiger partial charge on any atom is -0.433 e. The maximum absolute atomic E-state index is 12.1. The molecule has 0 aromatic heterocycles. The molecule has 2 amide bonds. The molecule has 0 bridgehead atoms. The van der Waals surface area contributed by atoms with Crippen molar-refractivity contribution in [1.82, 2.24) is 5.32 Å². The first kappa shape index (κ1) is 18.4. The number of nitrogens with one attached hydrogen (secondary N) is 2. The summed E-state index contributed by atoms with van der Waals surface area (Å²) in [7, 11) is 0. The van der Waals surface area contributed by atoms with Gasteiger partial charge in [0.1, 0.15) is 11.3 Å². The number of carbonyl (C=O) groups is 1. The van der Waals surface area contributed by atoms with Crippen molar-refractivity contribution in [2.45, 2.75) is 12.2 Å². The van der Waals surface area contributed by atoms with Gasteiger partial charge in [0.15, 0.2) is 0 Å². The average molecular weight is 341 g/mol. The summed E-state index contributed by atoms with van der Waals surface area (Å²) in [6.45, 7) is -5.08. The van der Waals surface area contributed by atoms with E-state index in [4.69, 9.17) is 26.9 Å². The molecule has 0 heterocycles. The predicted molar refractivity (Wildman–Crippen MR) is 74.2 cm³/mol. The van der Waals surface area contributed by atoms with Crippen LogP contribution >= 0.6 is 11.6 Å². The molecule has 10 heteroatoms. The van der Waals surface area contributed by atoms with Crippen LogP contribution in [0.2, 0.25) is 5.02 Å². The monoisotopic (exact) mass is 340 g/mol. The van der Waals surface area contributed by atoms with Crippen LogP contribution in [-0.2, 0) is 0 Å². The zero-order valence-corrected chi connectivity index (χ0v) is 12.0. The molecule has 0 radical (unpaired) electrons. The first-order chi connectivity index (χ1) is 10.4. The van der Waals surface area contributed by atoms with Crippen LogP contribution in [-0.4, -0.2) is 53.3 Å². The Morgan fingerprint density at radius 2 is 1.86 bits per heavy atom. The fraction of sp³-hybridized carbons (Fsp3) is 0.417. The van der Waals surface area contributed by atoms with Gasteiger partial charge in [-0.15, -0.1) is 0 Å². The van der Waals surface area contributed by atoms with Crippen molar-refractivity contribution in [3.05, 3.63) is 23.2 Å². The van der Waals surface area contributed by atoms with Crippen LogP contribution in [0.25, 0.3) is 0 Å². The molecule has 1 rings (SSSR count). The van der Waals surface area contributed by atoms with Crippen molar-refractivity contribution < 1.29 is 33.6 Å². The number of carbonyl (C=O) groups excluding carboxylic acids is 1. The van der Waals surface area contributed by atoms with E-state index in [2.05, 4.69) is 15.4 Å². The fourth-order valence-electron chi connectivity index (χ4n) is 1.44. The number of hydrogen-bond acceptors (Lipinski definition) is 5. The van der Waals surface area contributed by atoms with Gasteiger partial charge in [0.05, 0.1) is 24.8 Å².